The molecule has 0 fully saturated rings. The van der Waals surface area contributed by atoms with Crippen LogP contribution in [0.3, 0.4) is 0 Å². The van der Waals surface area contributed by atoms with Gasteiger partial charge in [-0.25, -0.2) is 8.42 Å². The van der Waals surface area contributed by atoms with E-state index in [1.165, 1.54) is 6.07 Å². The van der Waals surface area contributed by atoms with Crippen LogP contribution < -0.4 is 10.0 Å². The molecule has 0 aliphatic heterocycles. The molecule has 0 radical (unpaired) electrons. The Hall–Kier alpha value is -1.71. The van der Waals surface area contributed by atoms with Gasteiger partial charge in [-0.1, -0.05) is 13.0 Å². The van der Waals surface area contributed by atoms with Crippen LogP contribution in [-0.4, -0.2) is 36.6 Å². The predicted molar refractivity (Wildman–Crippen MR) is 102 cm³/mol. The molecular formula is C16H20N2O4S3. The van der Waals surface area contributed by atoms with Crippen LogP contribution >= 0.6 is 11.3 Å². The maximum absolute atomic E-state index is 12.1. The molecule has 0 aliphatic rings. The molecule has 0 saturated carbocycles. The molecule has 2 atom stereocenters. The summed E-state index contributed by atoms with van der Waals surface area (Å²) in [6.07, 6.45) is 2.27. The van der Waals surface area contributed by atoms with E-state index in [1.54, 1.807) is 42.0 Å². The Kier molecular flexibility index (Phi) is 6.74. The molecule has 25 heavy (non-hydrogen) atoms. The zero-order valence-corrected chi connectivity index (χ0v) is 16.3. The Labute approximate surface area is 154 Å². The van der Waals surface area contributed by atoms with E-state index >= 15 is 0 Å². The van der Waals surface area contributed by atoms with Gasteiger partial charge in [0, 0.05) is 40.1 Å². The van der Waals surface area contributed by atoms with Crippen molar-refractivity contribution in [1.82, 2.24) is 5.32 Å². The summed E-state index contributed by atoms with van der Waals surface area (Å²) < 4.78 is 38.3. The van der Waals surface area contributed by atoms with Gasteiger partial charge in [-0.15, -0.1) is 11.3 Å². The molecule has 1 aromatic carbocycles. The lowest BCUT2D eigenvalue weighted by Gasteiger charge is -2.10. The summed E-state index contributed by atoms with van der Waals surface area (Å²) in [5.41, 5.74) is 0.823. The third-order valence-electron chi connectivity index (χ3n) is 3.56. The number of nitrogens with one attached hydrogen (secondary N) is 2. The minimum atomic E-state index is -3.60. The number of anilines is 1. The number of thiophene rings is 1. The molecule has 0 unspecified atom stereocenters. The van der Waals surface area contributed by atoms with Crippen molar-refractivity contribution in [3.05, 3.63) is 47.3 Å². The van der Waals surface area contributed by atoms with Gasteiger partial charge in [-0.2, -0.15) is 0 Å². The highest BCUT2D eigenvalue weighted by Crippen LogP contribution is 2.20. The fourth-order valence-corrected chi connectivity index (χ4v) is 4.47. The average molecular weight is 401 g/mol. The van der Waals surface area contributed by atoms with E-state index in [1.807, 2.05) is 6.92 Å². The van der Waals surface area contributed by atoms with Crippen LogP contribution in [0.4, 0.5) is 5.69 Å². The number of hydrogen-bond acceptors (Lipinski definition) is 5. The van der Waals surface area contributed by atoms with Crippen molar-refractivity contribution in [2.24, 2.45) is 0 Å². The van der Waals surface area contributed by atoms with Crippen LogP contribution in [0.5, 0.6) is 0 Å². The van der Waals surface area contributed by atoms with Gasteiger partial charge in [-0.3, -0.25) is 13.7 Å². The van der Waals surface area contributed by atoms with Gasteiger partial charge >= 0.3 is 0 Å². The smallest absolute Gasteiger partial charge is 0.271 e. The van der Waals surface area contributed by atoms with Crippen molar-refractivity contribution >= 4 is 43.8 Å². The SMILES string of the molecule is C[C@H](CCNC(=O)c1ccc(NS(=O)(=O)c2cccs2)cc1)[S@@](C)=O. The molecule has 0 aliphatic carbocycles. The highest BCUT2D eigenvalue weighted by molar-refractivity contribution is 7.94. The maximum atomic E-state index is 12.1. The number of sulfonamides is 1. The highest BCUT2D eigenvalue weighted by atomic mass is 32.2. The van der Waals surface area contributed by atoms with Crippen LogP contribution in [0.25, 0.3) is 0 Å². The molecule has 0 saturated heterocycles. The van der Waals surface area contributed by atoms with Gasteiger partial charge in [0.15, 0.2) is 0 Å². The summed E-state index contributed by atoms with van der Waals surface area (Å²) in [6.45, 7) is 2.31. The molecular weight excluding hydrogens is 380 g/mol. The lowest BCUT2D eigenvalue weighted by molar-refractivity contribution is 0.0953. The summed E-state index contributed by atoms with van der Waals surface area (Å²) in [6, 6.07) is 9.40. The average Bonchev–Trinajstić information content (AvgIpc) is 3.10. The lowest BCUT2D eigenvalue weighted by Crippen LogP contribution is -2.27. The Balaban J connectivity index is 1.93. The Bertz CT molecular complexity index is 831. The van der Waals surface area contributed by atoms with E-state index in [4.69, 9.17) is 0 Å². The van der Waals surface area contributed by atoms with E-state index in [-0.39, 0.29) is 15.4 Å². The van der Waals surface area contributed by atoms with Gasteiger partial charge in [-0.05, 0) is 42.1 Å². The number of amides is 1. The maximum Gasteiger partial charge on any atom is 0.271 e. The van der Waals surface area contributed by atoms with Crippen molar-refractivity contribution in [3.8, 4) is 0 Å². The van der Waals surface area contributed by atoms with Crippen molar-refractivity contribution < 1.29 is 17.4 Å². The Morgan fingerprint density at radius 3 is 2.48 bits per heavy atom. The highest BCUT2D eigenvalue weighted by Gasteiger charge is 2.15. The molecule has 0 spiro atoms. The van der Waals surface area contributed by atoms with E-state index in [9.17, 15) is 17.4 Å². The van der Waals surface area contributed by atoms with Crippen LogP contribution in [0, 0.1) is 0 Å². The molecule has 1 heterocycles. The normalized spacial score (nSPS) is 13.8. The first-order valence-corrected chi connectivity index (χ1v) is 11.5. The molecule has 1 aromatic heterocycles. The molecule has 2 N–H and O–H groups in total. The number of carbonyl (C=O) groups is 1. The number of rotatable bonds is 8. The van der Waals surface area contributed by atoms with Crippen LogP contribution in [0.1, 0.15) is 23.7 Å². The van der Waals surface area contributed by atoms with Crippen LogP contribution in [0.15, 0.2) is 46.0 Å². The molecule has 1 amide bonds. The first-order valence-electron chi connectivity index (χ1n) is 7.56. The minimum Gasteiger partial charge on any atom is -0.352 e. The van der Waals surface area contributed by atoms with Crippen LogP contribution in [-0.2, 0) is 20.8 Å². The number of carbonyl (C=O) groups excluding carboxylic acids is 1. The van der Waals surface area contributed by atoms with E-state index in [0.717, 1.165) is 11.3 Å². The quantitative estimate of drug-likeness (QED) is 0.712. The minimum absolute atomic E-state index is 0.0225. The zero-order valence-electron chi connectivity index (χ0n) is 13.9. The standard InChI is InChI=1S/C16H20N2O4S3/c1-12(24(2)20)9-10-17-16(19)13-5-7-14(8-6-13)18-25(21,22)15-4-3-11-23-15/h3-8,11-12,18H,9-10H2,1-2H3,(H,17,19)/t12-,24-/m1/s1. The van der Waals surface area contributed by atoms with E-state index in [0.29, 0.717) is 24.2 Å². The van der Waals surface area contributed by atoms with Crippen molar-refractivity contribution in [2.75, 3.05) is 17.5 Å². The Morgan fingerprint density at radius 1 is 1.24 bits per heavy atom. The monoisotopic (exact) mass is 400 g/mol. The van der Waals surface area contributed by atoms with Gasteiger partial charge in [0.05, 0.1) is 0 Å². The fourth-order valence-electron chi connectivity index (χ4n) is 1.97. The number of hydrogen-bond donors (Lipinski definition) is 2. The van der Waals surface area contributed by atoms with Gasteiger partial charge in [0.1, 0.15) is 4.21 Å². The third-order valence-corrected chi connectivity index (χ3v) is 7.71. The first-order chi connectivity index (χ1) is 11.8. The number of benzene rings is 1. The van der Waals surface area contributed by atoms with Crippen molar-refractivity contribution in [3.63, 3.8) is 0 Å². The van der Waals surface area contributed by atoms with Crippen molar-refractivity contribution in [2.45, 2.75) is 22.8 Å². The van der Waals surface area contributed by atoms with Gasteiger partial charge in [0.2, 0.25) is 0 Å². The molecule has 2 aromatic rings. The largest absolute Gasteiger partial charge is 0.352 e. The summed E-state index contributed by atoms with van der Waals surface area (Å²) in [5, 5.41) is 4.48. The molecule has 136 valence electrons. The van der Waals surface area contributed by atoms with E-state index in [2.05, 4.69) is 10.0 Å². The molecule has 9 heteroatoms. The predicted octanol–water partition coefficient (Wildman–Crippen LogP) is 2.44. The Morgan fingerprint density at radius 2 is 1.92 bits per heavy atom. The molecule has 0 bridgehead atoms. The fraction of sp³-hybridized carbons (Fsp3) is 0.312. The summed E-state index contributed by atoms with van der Waals surface area (Å²) in [7, 11) is -4.51. The van der Waals surface area contributed by atoms with Gasteiger partial charge < -0.3 is 5.32 Å². The van der Waals surface area contributed by atoms with Crippen molar-refractivity contribution in [1.29, 1.82) is 0 Å². The molecule has 2 rings (SSSR count). The van der Waals surface area contributed by atoms with Gasteiger partial charge in [0.25, 0.3) is 15.9 Å². The zero-order chi connectivity index (χ0) is 18.4. The summed E-state index contributed by atoms with van der Waals surface area (Å²) in [4.78, 5) is 12.1. The second-order valence-corrected chi connectivity index (χ2v) is 10.1. The first kappa shape index (κ1) is 19.6. The summed E-state index contributed by atoms with van der Waals surface area (Å²) in [5.74, 6) is -0.248. The summed E-state index contributed by atoms with van der Waals surface area (Å²) >= 11 is 1.13. The lowest BCUT2D eigenvalue weighted by atomic mass is 10.2. The van der Waals surface area contributed by atoms with Crippen LogP contribution in [0.2, 0.25) is 0 Å². The third kappa shape index (κ3) is 5.65. The topological polar surface area (TPSA) is 92.3 Å². The van der Waals surface area contributed by atoms with E-state index < -0.39 is 20.8 Å². The second kappa shape index (κ2) is 8.59. The molecule has 6 nitrogen and oxygen atoms in total. The second-order valence-electron chi connectivity index (χ2n) is 5.47.